The number of benzene rings is 1. The Bertz CT molecular complexity index is 425. The molecule has 0 aliphatic heterocycles. The second-order valence-corrected chi connectivity index (χ2v) is 4.70. The van der Waals surface area contributed by atoms with Gasteiger partial charge < -0.3 is 14.6 Å². The maximum atomic E-state index is 11.6. The van der Waals surface area contributed by atoms with Crippen molar-refractivity contribution in [2.24, 2.45) is 0 Å². The van der Waals surface area contributed by atoms with E-state index in [-0.39, 0.29) is 0 Å². The Morgan fingerprint density at radius 2 is 1.61 bits per heavy atom. The minimum absolute atomic E-state index is 0.636. The first-order valence-electron chi connectivity index (χ1n) is 6.09. The van der Waals surface area contributed by atoms with Crippen molar-refractivity contribution in [1.82, 2.24) is 0 Å². The van der Waals surface area contributed by atoms with Crippen molar-refractivity contribution in [2.45, 2.75) is 31.1 Å². The van der Waals surface area contributed by atoms with Gasteiger partial charge in [-0.15, -0.1) is 0 Å². The molecule has 1 fully saturated rings. The Kier molecular flexibility index (Phi) is 3.45. The summed E-state index contributed by atoms with van der Waals surface area (Å²) in [5.41, 5.74) is 0.00523. The third kappa shape index (κ3) is 2.03. The number of methoxy groups -OCH3 is 2. The van der Waals surface area contributed by atoms with Crippen LogP contribution in [0.15, 0.2) is 18.2 Å². The predicted molar refractivity (Wildman–Crippen MR) is 67.3 cm³/mol. The van der Waals surface area contributed by atoms with Gasteiger partial charge in [0.1, 0.15) is 11.5 Å². The number of ether oxygens (including phenoxy) is 2. The summed E-state index contributed by atoms with van der Waals surface area (Å²) in [7, 11) is 3.14. The van der Waals surface area contributed by atoms with Crippen molar-refractivity contribution in [2.75, 3.05) is 14.2 Å². The zero-order chi connectivity index (χ0) is 13.2. The van der Waals surface area contributed by atoms with Gasteiger partial charge in [0.05, 0.1) is 19.6 Å². The first-order valence-corrected chi connectivity index (χ1v) is 6.09. The number of rotatable bonds is 4. The monoisotopic (exact) mass is 250 g/mol. The van der Waals surface area contributed by atoms with E-state index < -0.39 is 11.4 Å². The zero-order valence-corrected chi connectivity index (χ0v) is 10.7. The number of hydrogen-bond donors (Lipinski definition) is 1. The molecule has 0 amide bonds. The van der Waals surface area contributed by atoms with Crippen LogP contribution in [0.1, 0.15) is 31.2 Å². The van der Waals surface area contributed by atoms with Crippen molar-refractivity contribution in [3.05, 3.63) is 23.8 Å². The van der Waals surface area contributed by atoms with Crippen LogP contribution >= 0.6 is 0 Å². The van der Waals surface area contributed by atoms with Gasteiger partial charge in [-0.25, -0.2) is 0 Å². The molecule has 1 aromatic rings. The normalized spacial score (nSPS) is 17.4. The SMILES string of the molecule is COc1cc(OC)cc(C2(C(=O)O)CCCC2)c1. The lowest BCUT2D eigenvalue weighted by Crippen LogP contribution is -2.32. The van der Waals surface area contributed by atoms with Crippen LogP contribution in [0.2, 0.25) is 0 Å². The number of aliphatic carboxylic acids is 1. The van der Waals surface area contributed by atoms with E-state index in [1.807, 2.05) is 12.1 Å². The van der Waals surface area contributed by atoms with Crippen LogP contribution in [0.3, 0.4) is 0 Å². The van der Waals surface area contributed by atoms with Crippen molar-refractivity contribution in [3.8, 4) is 11.5 Å². The first kappa shape index (κ1) is 12.7. The van der Waals surface area contributed by atoms with Gasteiger partial charge in [-0.3, -0.25) is 4.79 Å². The molecule has 1 aliphatic rings. The van der Waals surface area contributed by atoms with Gasteiger partial charge in [0.15, 0.2) is 0 Å². The van der Waals surface area contributed by atoms with E-state index in [9.17, 15) is 9.90 Å². The van der Waals surface area contributed by atoms with E-state index in [0.717, 1.165) is 18.4 Å². The van der Waals surface area contributed by atoms with E-state index in [1.165, 1.54) is 0 Å². The van der Waals surface area contributed by atoms with E-state index in [1.54, 1.807) is 20.3 Å². The van der Waals surface area contributed by atoms with Crippen LogP contribution in [0.5, 0.6) is 11.5 Å². The van der Waals surface area contributed by atoms with Crippen LogP contribution in [-0.2, 0) is 10.2 Å². The summed E-state index contributed by atoms with van der Waals surface area (Å²) >= 11 is 0. The van der Waals surface area contributed by atoms with Crippen LogP contribution in [-0.4, -0.2) is 25.3 Å². The van der Waals surface area contributed by atoms with Gasteiger partial charge in [0.2, 0.25) is 0 Å². The minimum Gasteiger partial charge on any atom is -0.497 e. The van der Waals surface area contributed by atoms with Crippen LogP contribution < -0.4 is 9.47 Å². The van der Waals surface area contributed by atoms with Gasteiger partial charge >= 0.3 is 5.97 Å². The molecule has 0 spiro atoms. The van der Waals surface area contributed by atoms with Crippen molar-refractivity contribution < 1.29 is 19.4 Å². The Balaban J connectivity index is 2.50. The lowest BCUT2D eigenvalue weighted by atomic mass is 9.79. The third-order valence-electron chi connectivity index (χ3n) is 3.77. The molecular formula is C14H18O4. The molecule has 2 rings (SSSR count). The highest BCUT2D eigenvalue weighted by Gasteiger charge is 2.43. The average molecular weight is 250 g/mol. The highest BCUT2D eigenvalue weighted by atomic mass is 16.5. The number of hydrogen-bond acceptors (Lipinski definition) is 3. The maximum Gasteiger partial charge on any atom is 0.314 e. The molecule has 1 aliphatic carbocycles. The summed E-state index contributed by atoms with van der Waals surface area (Å²) in [5.74, 6) is 0.518. The van der Waals surface area contributed by atoms with Crippen molar-refractivity contribution in [1.29, 1.82) is 0 Å². The van der Waals surface area contributed by atoms with E-state index in [4.69, 9.17) is 9.47 Å². The van der Waals surface area contributed by atoms with E-state index >= 15 is 0 Å². The maximum absolute atomic E-state index is 11.6. The number of carbonyl (C=O) groups is 1. The highest BCUT2D eigenvalue weighted by Crippen LogP contribution is 2.43. The Hall–Kier alpha value is -1.71. The van der Waals surface area contributed by atoms with Crippen LogP contribution in [0, 0.1) is 0 Å². The second kappa shape index (κ2) is 4.88. The number of carboxylic acids is 1. The van der Waals surface area contributed by atoms with Gasteiger partial charge in [-0.05, 0) is 30.5 Å². The Morgan fingerprint density at radius 3 is 2.00 bits per heavy atom. The molecule has 0 aromatic heterocycles. The first-order chi connectivity index (χ1) is 8.62. The lowest BCUT2D eigenvalue weighted by Gasteiger charge is -2.25. The fraction of sp³-hybridized carbons (Fsp3) is 0.500. The molecule has 1 aromatic carbocycles. The summed E-state index contributed by atoms with van der Waals surface area (Å²) in [4.78, 5) is 11.6. The largest absolute Gasteiger partial charge is 0.497 e. The van der Waals surface area contributed by atoms with Crippen LogP contribution in [0.25, 0.3) is 0 Å². The third-order valence-corrected chi connectivity index (χ3v) is 3.77. The van der Waals surface area contributed by atoms with E-state index in [0.29, 0.717) is 24.3 Å². The summed E-state index contributed by atoms with van der Waals surface area (Å²) < 4.78 is 10.4. The molecule has 1 N–H and O–H groups in total. The van der Waals surface area contributed by atoms with Gasteiger partial charge in [0.25, 0.3) is 0 Å². The van der Waals surface area contributed by atoms with Crippen molar-refractivity contribution in [3.63, 3.8) is 0 Å². The van der Waals surface area contributed by atoms with Gasteiger partial charge in [0, 0.05) is 6.07 Å². The number of carboxylic acid groups (broad SMARTS) is 1. The topological polar surface area (TPSA) is 55.8 Å². The molecule has 0 radical (unpaired) electrons. The lowest BCUT2D eigenvalue weighted by molar-refractivity contribution is -0.143. The summed E-state index contributed by atoms with van der Waals surface area (Å²) in [6.45, 7) is 0. The van der Waals surface area contributed by atoms with Gasteiger partial charge in [-0.2, -0.15) is 0 Å². The highest BCUT2D eigenvalue weighted by molar-refractivity contribution is 5.82. The Morgan fingerprint density at radius 1 is 1.11 bits per heavy atom. The molecule has 0 bridgehead atoms. The summed E-state index contributed by atoms with van der Waals surface area (Å²) in [6.07, 6.45) is 3.26. The molecule has 0 heterocycles. The van der Waals surface area contributed by atoms with Crippen LogP contribution in [0.4, 0.5) is 0 Å². The fourth-order valence-electron chi connectivity index (χ4n) is 2.69. The summed E-state index contributed by atoms with van der Waals surface area (Å²) in [5, 5.41) is 9.56. The second-order valence-electron chi connectivity index (χ2n) is 4.70. The molecule has 4 heteroatoms. The average Bonchev–Trinajstić information content (AvgIpc) is 2.88. The predicted octanol–water partition coefficient (Wildman–Crippen LogP) is 2.60. The van der Waals surface area contributed by atoms with Crippen molar-refractivity contribution >= 4 is 5.97 Å². The smallest absolute Gasteiger partial charge is 0.314 e. The van der Waals surface area contributed by atoms with E-state index in [2.05, 4.69) is 0 Å². The molecule has 0 saturated heterocycles. The summed E-state index contributed by atoms with van der Waals surface area (Å²) in [6, 6.07) is 5.37. The van der Waals surface area contributed by atoms with Gasteiger partial charge in [-0.1, -0.05) is 12.8 Å². The molecule has 98 valence electrons. The standard InChI is InChI=1S/C14H18O4/c1-17-11-7-10(8-12(9-11)18-2)14(13(15)16)5-3-4-6-14/h7-9H,3-6H2,1-2H3,(H,15,16). The molecular weight excluding hydrogens is 232 g/mol. The molecule has 18 heavy (non-hydrogen) atoms. The minimum atomic E-state index is -0.776. The quantitative estimate of drug-likeness (QED) is 0.892. The fourth-order valence-corrected chi connectivity index (χ4v) is 2.69. The molecule has 0 unspecified atom stereocenters. The zero-order valence-electron chi connectivity index (χ0n) is 10.7. The molecule has 1 saturated carbocycles. The molecule has 0 atom stereocenters. The molecule has 4 nitrogen and oxygen atoms in total. The Labute approximate surface area is 107 Å².